The number of nitro groups is 1. The summed E-state index contributed by atoms with van der Waals surface area (Å²) in [6.45, 7) is 1.89. The normalized spacial score (nSPS) is 10.3. The molecule has 0 bridgehead atoms. The van der Waals surface area contributed by atoms with Crippen LogP contribution in [0, 0.1) is 10.1 Å². The number of benzene rings is 1. The molecule has 20 heavy (non-hydrogen) atoms. The molecule has 0 atom stereocenters. The van der Waals surface area contributed by atoms with Gasteiger partial charge in [-0.05, 0) is 22.0 Å². The van der Waals surface area contributed by atoms with Gasteiger partial charge in [0.2, 0.25) is 5.88 Å². The van der Waals surface area contributed by atoms with Crippen LogP contribution < -0.4 is 4.74 Å². The van der Waals surface area contributed by atoms with E-state index in [0.717, 1.165) is 0 Å². The van der Waals surface area contributed by atoms with Crippen LogP contribution in [0.2, 0.25) is 5.15 Å². The van der Waals surface area contributed by atoms with Crippen molar-refractivity contribution in [1.29, 1.82) is 0 Å². The van der Waals surface area contributed by atoms with Crippen LogP contribution >= 0.6 is 27.5 Å². The molecule has 0 radical (unpaired) electrons. The van der Waals surface area contributed by atoms with Gasteiger partial charge < -0.3 is 4.74 Å². The third-order valence-corrected chi connectivity index (χ3v) is 3.22. The smallest absolute Gasteiger partial charge is 0.273 e. The lowest BCUT2D eigenvalue weighted by Gasteiger charge is -2.08. The van der Waals surface area contributed by atoms with E-state index in [0.29, 0.717) is 16.7 Å². The fourth-order valence-corrected chi connectivity index (χ4v) is 1.97. The molecule has 0 fully saturated rings. The van der Waals surface area contributed by atoms with Gasteiger partial charge in [0.25, 0.3) is 5.69 Å². The second kappa shape index (κ2) is 6.15. The molecule has 2 rings (SSSR count). The Labute approximate surface area is 128 Å². The number of nitro benzene ring substituents is 1. The zero-order valence-corrected chi connectivity index (χ0v) is 12.7. The number of rotatable bonds is 4. The predicted octanol–water partition coefficient (Wildman–Crippen LogP) is 4.16. The second-order valence-corrected chi connectivity index (χ2v) is 5.01. The highest BCUT2D eigenvalue weighted by Gasteiger charge is 2.12. The third-order valence-electron chi connectivity index (χ3n) is 2.37. The fraction of sp³-hybridized carbons (Fsp3) is 0.167. The molecule has 2 aromatic rings. The van der Waals surface area contributed by atoms with Crippen molar-refractivity contribution >= 4 is 33.2 Å². The maximum Gasteiger partial charge on any atom is 0.273 e. The van der Waals surface area contributed by atoms with Crippen LogP contribution in [-0.2, 0) is 6.42 Å². The molecule has 1 heterocycles. The van der Waals surface area contributed by atoms with Crippen LogP contribution in [0.5, 0.6) is 11.6 Å². The van der Waals surface area contributed by atoms with E-state index in [9.17, 15) is 10.1 Å². The van der Waals surface area contributed by atoms with Crippen LogP contribution in [-0.4, -0.2) is 14.9 Å². The second-order valence-electron chi connectivity index (χ2n) is 3.77. The van der Waals surface area contributed by atoms with E-state index >= 15 is 0 Å². The number of ether oxygens (including phenoxy) is 1. The van der Waals surface area contributed by atoms with Gasteiger partial charge in [0.15, 0.2) is 5.75 Å². The fourth-order valence-electron chi connectivity index (χ4n) is 1.45. The molecule has 0 unspecified atom stereocenters. The maximum atomic E-state index is 10.8. The highest BCUT2D eigenvalue weighted by molar-refractivity contribution is 9.10. The van der Waals surface area contributed by atoms with Gasteiger partial charge in [0.1, 0.15) is 11.0 Å². The summed E-state index contributed by atoms with van der Waals surface area (Å²) >= 11 is 9.13. The van der Waals surface area contributed by atoms with Crippen LogP contribution in [0.25, 0.3) is 0 Å². The van der Waals surface area contributed by atoms with Crippen LogP contribution in [0.15, 0.2) is 28.7 Å². The summed E-state index contributed by atoms with van der Waals surface area (Å²) in [6, 6.07) is 5.68. The van der Waals surface area contributed by atoms with Crippen molar-refractivity contribution in [3.05, 3.63) is 49.8 Å². The van der Waals surface area contributed by atoms with E-state index in [1.165, 1.54) is 24.3 Å². The standard InChI is InChI=1S/C12H9BrClN3O3/c1-2-11-15-10(14)6-12(16-11)20-9-5-7(17(18)19)3-4-8(9)13/h3-6H,2H2,1H3. The SMILES string of the molecule is CCc1nc(Cl)cc(Oc2cc([N+](=O)[O-])ccc2Br)n1. The predicted molar refractivity (Wildman–Crippen MR) is 77.3 cm³/mol. The largest absolute Gasteiger partial charge is 0.437 e. The van der Waals surface area contributed by atoms with E-state index in [2.05, 4.69) is 25.9 Å². The lowest BCUT2D eigenvalue weighted by molar-refractivity contribution is -0.384. The van der Waals surface area contributed by atoms with E-state index < -0.39 is 4.92 Å². The number of aryl methyl sites for hydroxylation is 1. The summed E-state index contributed by atoms with van der Waals surface area (Å²) in [6.07, 6.45) is 0.604. The Morgan fingerprint density at radius 3 is 2.80 bits per heavy atom. The Kier molecular flexibility index (Phi) is 4.51. The lowest BCUT2D eigenvalue weighted by Crippen LogP contribution is -1.97. The molecule has 0 spiro atoms. The van der Waals surface area contributed by atoms with Crippen LogP contribution in [0.3, 0.4) is 0 Å². The molecule has 8 heteroatoms. The van der Waals surface area contributed by atoms with Gasteiger partial charge >= 0.3 is 0 Å². The number of hydrogen-bond donors (Lipinski definition) is 0. The molecule has 6 nitrogen and oxygen atoms in total. The first kappa shape index (κ1) is 14.7. The molecule has 0 saturated heterocycles. The highest BCUT2D eigenvalue weighted by Crippen LogP contribution is 2.32. The minimum Gasteiger partial charge on any atom is -0.437 e. The van der Waals surface area contributed by atoms with Gasteiger partial charge in [-0.15, -0.1) is 0 Å². The van der Waals surface area contributed by atoms with Crippen LogP contribution in [0.4, 0.5) is 5.69 Å². The van der Waals surface area contributed by atoms with Gasteiger partial charge in [-0.1, -0.05) is 18.5 Å². The van der Waals surface area contributed by atoms with E-state index in [1.54, 1.807) is 0 Å². The molecular formula is C12H9BrClN3O3. The summed E-state index contributed by atoms with van der Waals surface area (Å²) in [7, 11) is 0. The zero-order valence-electron chi connectivity index (χ0n) is 10.3. The summed E-state index contributed by atoms with van der Waals surface area (Å²) in [4.78, 5) is 18.4. The van der Waals surface area contributed by atoms with Gasteiger partial charge in [-0.3, -0.25) is 10.1 Å². The molecule has 0 saturated carbocycles. The Balaban J connectivity index is 2.36. The average Bonchev–Trinajstić information content (AvgIpc) is 2.40. The number of aromatic nitrogens is 2. The zero-order chi connectivity index (χ0) is 14.7. The molecule has 1 aromatic heterocycles. The number of non-ortho nitro benzene ring substituents is 1. The highest BCUT2D eigenvalue weighted by atomic mass is 79.9. The summed E-state index contributed by atoms with van der Waals surface area (Å²) in [5, 5.41) is 11.0. The van der Waals surface area contributed by atoms with Crippen molar-refractivity contribution in [3.63, 3.8) is 0 Å². The Morgan fingerprint density at radius 2 is 2.15 bits per heavy atom. The molecular weight excluding hydrogens is 350 g/mol. The molecule has 0 aliphatic rings. The van der Waals surface area contributed by atoms with Crippen molar-refractivity contribution in [3.8, 4) is 11.6 Å². The first-order valence-electron chi connectivity index (χ1n) is 5.65. The van der Waals surface area contributed by atoms with Gasteiger partial charge in [-0.25, -0.2) is 4.98 Å². The average molecular weight is 359 g/mol. The Morgan fingerprint density at radius 1 is 1.40 bits per heavy atom. The van der Waals surface area contributed by atoms with Crippen LogP contribution in [0.1, 0.15) is 12.7 Å². The molecule has 0 amide bonds. The van der Waals surface area contributed by atoms with Crippen molar-refractivity contribution < 1.29 is 9.66 Å². The van der Waals surface area contributed by atoms with Gasteiger partial charge in [0, 0.05) is 18.6 Å². The maximum absolute atomic E-state index is 10.8. The molecule has 0 aliphatic carbocycles. The topological polar surface area (TPSA) is 78.2 Å². The first-order chi connectivity index (χ1) is 9.49. The molecule has 1 aromatic carbocycles. The minimum atomic E-state index is -0.496. The lowest BCUT2D eigenvalue weighted by atomic mass is 10.3. The van der Waals surface area contributed by atoms with Crippen molar-refractivity contribution in [2.75, 3.05) is 0 Å². The van der Waals surface area contributed by atoms with Crippen molar-refractivity contribution in [1.82, 2.24) is 9.97 Å². The molecule has 0 aliphatic heterocycles. The summed E-state index contributed by atoms with van der Waals surface area (Å²) in [5.41, 5.74) is -0.0703. The Bertz CT molecular complexity index is 666. The number of hydrogen-bond acceptors (Lipinski definition) is 5. The third kappa shape index (κ3) is 3.43. The van der Waals surface area contributed by atoms with Crippen molar-refractivity contribution in [2.24, 2.45) is 0 Å². The molecule has 0 N–H and O–H groups in total. The number of nitrogens with zero attached hydrogens (tertiary/aromatic N) is 3. The van der Waals surface area contributed by atoms with Gasteiger partial charge in [-0.2, -0.15) is 4.98 Å². The Hall–Kier alpha value is -1.73. The van der Waals surface area contributed by atoms with Crippen molar-refractivity contribution in [2.45, 2.75) is 13.3 Å². The summed E-state index contributed by atoms with van der Waals surface area (Å²) in [5.74, 6) is 1.06. The van der Waals surface area contributed by atoms with E-state index in [4.69, 9.17) is 16.3 Å². The molecule has 104 valence electrons. The quantitative estimate of drug-likeness (QED) is 0.466. The first-order valence-corrected chi connectivity index (χ1v) is 6.82. The monoisotopic (exact) mass is 357 g/mol. The van der Waals surface area contributed by atoms with E-state index in [1.807, 2.05) is 6.92 Å². The van der Waals surface area contributed by atoms with E-state index in [-0.39, 0.29) is 22.5 Å². The van der Waals surface area contributed by atoms with Gasteiger partial charge in [0.05, 0.1) is 15.5 Å². The number of halogens is 2. The minimum absolute atomic E-state index is 0.0703. The summed E-state index contributed by atoms with van der Waals surface area (Å²) < 4.78 is 6.12.